The Morgan fingerprint density at radius 2 is 1.71 bits per heavy atom. The van der Waals surface area contributed by atoms with Crippen LogP contribution in [0.4, 0.5) is 16.4 Å². The van der Waals surface area contributed by atoms with Gasteiger partial charge >= 0.3 is 6.09 Å². The van der Waals surface area contributed by atoms with E-state index >= 15 is 0 Å². The van der Waals surface area contributed by atoms with Gasteiger partial charge < -0.3 is 25.0 Å². The summed E-state index contributed by atoms with van der Waals surface area (Å²) in [5, 5.41) is 8.38. The number of ether oxygens (including phenoxy) is 2. The Hall–Kier alpha value is -4.73. The molecule has 1 saturated heterocycles. The van der Waals surface area contributed by atoms with Crippen molar-refractivity contribution in [2.45, 2.75) is 71.9 Å². The van der Waals surface area contributed by atoms with Crippen LogP contribution in [0, 0.1) is 19.8 Å². The van der Waals surface area contributed by atoms with Crippen LogP contribution < -0.4 is 15.4 Å². The SMILES string of the molecule is Cc1ccc2c(Oc3ncccc3-c3ccnc(NC4CCCN(C(=O)OC(C)(C)C)C4)n3)c(C)ccc2c1NC(=O)C1CC1. The van der Waals surface area contributed by atoms with E-state index in [0.29, 0.717) is 41.9 Å². The molecule has 4 aromatic rings. The Morgan fingerprint density at radius 1 is 0.933 bits per heavy atom. The van der Waals surface area contributed by atoms with Crippen molar-refractivity contribution in [3.8, 4) is 22.9 Å². The summed E-state index contributed by atoms with van der Waals surface area (Å²) in [6, 6.07) is 13.7. The predicted molar refractivity (Wildman–Crippen MR) is 175 cm³/mol. The molecule has 3 heterocycles. The Kier molecular flexibility index (Phi) is 8.31. The van der Waals surface area contributed by atoms with Crippen LogP contribution in [0.1, 0.15) is 57.6 Å². The van der Waals surface area contributed by atoms with E-state index < -0.39 is 5.60 Å². The number of benzene rings is 2. The molecule has 0 radical (unpaired) electrons. The summed E-state index contributed by atoms with van der Waals surface area (Å²) < 4.78 is 12.2. The number of rotatable bonds is 7. The number of nitrogens with one attached hydrogen (secondary N) is 2. The Morgan fingerprint density at radius 3 is 2.49 bits per heavy atom. The number of nitrogens with zero attached hydrogens (tertiary/aromatic N) is 4. The largest absolute Gasteiger partial charge is 0.444 e. The molecule has 0 bridgehead atoms. The molecule has 6 rings (SSSR count). The molecule has 1 aliphatic heterocycles. The molecule has 45 heavy (non-hydrogen) atoms. The minimum absolute atomic E-state index is 0.0115. The van der Waals surface area contributed by atoms with Crippen LogP contribution in [0.3, 0.4) is 0 Å². The number of carbonyl (C=O) groups excluding carboxylic acids is 2. The highest BCUT2D eigenvalue weighted by atomic mass is 16.6. The van der Waals surface area contributed by atoms with Crippen LogP contribution in [0.2, 0.25) is 0 Å². The van der Waals surface area contributed by atoms with Crippen LogP contribution in [-0.2, 0) is 9.53 Å². The average Bonchev–Trinajstić information content (AvgIpc) is 3.86. The van der Waals surface area contributed by atoms with E-state index in [-0.39, 0.29) is 24.0 Å². The van der Waals surface area contributed by atoms with E-state index in [9.17, 15) is 9.59 Å². The lowest BCUT2D eigenvalue weighted by atomic mass is 10.0. The van der Waals surface area contributed by atoms with Gasteiger partial charge in [-0.25, -0.2) is 19.7 Å². The number of anilines is 2. The van der Waals surface area contributed by atoms with E-state index in [1.807, 2.05) is 77.1 Å². The molecule has 2 N–H and O–H groups in total. The van der Waals surface area contributed by atoms with Crippen molar-refractivity contribution in [3.63, 3.8) is 0 Å². The number of piperidine rings is 1. The van der Waals surface area contributed by atoms with E-state index in [4.69, 9.17) is 14.5 Å². The first-order valence-corrected chi connectivity index (χ1v) is 15.6. The van der Waals surface area contributed by atoms with Gasteiger partial charge in [0, 0.05) is 48.2 Å². The van der Waals surface area contributed by atoms with Crippen molar-refractivity contribution in [1.82, 2.24) is 19.9 Å². The number of fused-ring (bicyclic) bond motifs is 1. The maximum absolute atomic E-state index is 12.7. The second-order valence-corrected chi connectivity index (χ2v) is 13.0. The molecule has 10 heteroatoms. The summed E-state index contributed by atoms with van der Waals surface area (Å²) in [5.41, 5.74) is 3.58. The third-order valence-corrected chi connectivity index (χ3v) is 8.06. The second-order valence-electron chi connectivity index (χ2n) is 13.0. The van der Waals surface area contributed by atoms with Gasteiger partial charge in [-0.2, -0.15) is 0 Å². The molecular weight excluding hydrogens is 568 g/mol. The summed E-state index contributed by atoms with van der Waals surface area (Å²) in [6.45, 7) is 10.8. The number of hydrogen-bond donors (Lipinski definition) is 2. The van der Waals surface area contributed by atoms with Crippen molar-refractivity contribution in [3.05, 3.63) is 66.0 Å². The molecule has 10 nitrogen and oxygen atoms in total. The van der Waals surface area contributed by atoms with Gasteiger partial charge in [0.15, 0.2) is 0 Å². The Bertz CT molecular complexity index is 1750. The molecule has 2 fully saturated rings. The first-order valence-electron chi connectivity index (χ1n) is 15.6. The molecule has 2 aromatic heterocycles. The van der Waals surface area contributed by atoms with E-state index in [1.54, 1.807) is 17.3 Å². The van der Waals surface area contributed by atoms with Crippen molar-refractivity contribution in [2.75, 3.05) is 23.7 Å². The Balaban J connectivity index is 1.25. The molecule has 0 spiro atoms. The van der Waals surface area contributed by atoms with Crippen LogP contribution in [0.5, 0.6) is 11.6 Å². The minimum atomic E-state index is -0.545. The van der Waals surface area contributed by atoms with Crippen LogP contribution in [-0.4, -0.2) is 56.6 Å². The minimum Gasteiger partial charge on any atom is -0.444 e. The molecule has 2 aromatic carbocycles. The maximum Gasteiger partial charge on any atom is 0.410 e. The molecule has 1 saturated carbocycles. The number of pyridine rings is 1. The zero-order chi connectivity index (χ0) is 31.7. The quantitative estimate of drug-likeness (QED) is 0.225. The molecule has 234 valence electrons. The molecule has 2 aliphatic rings. The number of hydrogen-bond acceptors (Lipinski definition) is 8. The summed E-state index contributed by atoms with van der Waals surface area (Å²) >= 11 is 0. The first kappa shape index (κ1) is 30.3. The fourth-order valence-corrected chi connectivity index (χ4v) is 5.58. The molecule has 1 unspecified atom stereocenters. The van der Waals surface area contributed by atoms with Gasteiger partial charge in [0.1, 0.15) is 11.4 Å². The van der Waals surface area contributed by atoms with Crippen LogP contribution in [0.15, 0.2) is 54.9 Å². The van der Waals surface area contributed by atoms with Crippen molar-refractivity contribution in [2.24, 2.45) is 5.92 Å². The summed E-state index contributed by atoms with van der Waals surface area (Å²) in [7, 11) is 0. The molecule has 1 atom stereocenters. The van der Waals surface area contributed by atoms with Crippen molar-refractivity contribution < 1.29 is 19.1 Å². The van der Waals surface area contributed by atoms with Crippen LogP contribution in [0.25, 0.3) is 22.0 Å². The number of aryl methyl sites for hydroxylation is 2. The van der Waals surface area contributed by atoms with Gasteiger partial charge in [-0.05, 0) is 89.6 Å². The monoisotopic (exact) mass is 608 g/mol. The third-order valence-electron chi connectivity index (χ3n) is 8.06. The lowest BCUT2D eigenvalue weighted by molar-refractivity contribution is -0.117. The van der Waals surface area contributed by atoms with E-state index in [0.717, 1.165) is 53.3 Å². The van der Waals surface area contributed by atoms with Gasteiger partial charge in [-0.3, -0.25) is 4.79 Å². The smallest absolute Gasteiger partial charge is 0.410 e. The lowest BCUT2D eigenvalue weighted by Crippen LogP contribution is -2.47. The second kappa shape index (κ2) is 12.3. The topological polar surface area (TPSA) is 119 Å². The number of carbonyl (C=O) groups is 2. The number of amides is 2. The fourth-order valence-electron chi connectivity index (χ4n) is 5.58. The maximum atomic E-state index is 12.7. The fraction of sp³-hybridized carbons (Fsp3) is 0.400. The number of aromatic nitrogens is 3. The van der Waals surface area contributed by atoms with E-state index in [2.05, 4.69) is 20.6 Å². The van der Waals surface area contributed by atoms with Gasteiger partial charge in [-0.15, -0.1) is 0 Å². The van der Waals surface area contributed by atoms with Crippen molar-refractivity contribution >= 4 is 34.4 Å². The zero-order valence-electron chi connectivity index (χ0n) is 26.5. The van der Waals surface area contributed by atoms with Gasteiger partial charge in [0.2, 0.25) is 17.7 Å². The highest BCUT2D eigenvalue weighted by molar-refractivity contribution is 6.06. The van der Waals surface area contributed by atoms with Gasteiger partial charge in [0.25, 0.3) is 0 Å². The molecule has 2 amide bonds. The molecular formula is C35H40N6O4. The average molecular weight is 609 g/mol. The summed E-state index contributed by atoms with van der Waals surface area (Å²) in [6.07, 6.45) is 6.71. The normalized spacial score (nSPS) is 16.7. The standard InChI is InChI=1S/C35H40N6O4/c1-21-10-15-26-25(29(21)40-31(42)23-12-13-23)14-11-22(2)30(26)44-32-27(9-6-17-36-32)28-16-18-37-33(39-28)38-24-8-7-19-41(20-24)34(43)45-35(3,4)5/h6,9-11,14-18,23-24H,7-8,12-13,19-20H2,1-5H3,(H,40,42)(H,37,38,39). The Labute approximate surface area is 263 Å². The predicted octanol–water partition coefficient (Wildman–Crippen LogP) is 7.26. The number of likely N-dealkylation sites (tertiary alicyclic amines) is 1. The van der Waals surface area contributed by atoms with Gasteiger partial charge in [-0.1, -0.05) is 24.3 Å². The third kappa shape index (κ3) is 7.00. The van der Waals surface area contributed by atoms with Crippen LogP contribution >= 0.6 is 0 Å². The summed E-state index contributed by atoms with van der Waals surface area (Å²) in [5.74, 6) is 1.72. The highest BCUT2D eigenvalue weighted by Crippen LogP contribution is 2.40. The van der Waals surface area contributed by atoms with Gasteiger partial charge in [0.05, 0.1) is 16.9 Å². The molecule has 1 aliphatic carbocycles. The lowest BCUT2D eigenvalue weighted by Gasteiger charge is -2.34. The van der Waals surface area contributed by atoms with E-state index in [1.165, 1.54) is 0 Å². The van der Waals surface area contributed by atoms with Crippen molar-refractivity contribution in [1.29, 1.82) is 0 Å². The highest BCUT2D eigenvalue weighted by Gasteiger charge is 2.31. The summed E-state index contributed by atoms with van der Waals surface area (Å²) in [4.78, 5) is 40.9. The first-order chi connectivity index (χ1) is 21.6. The zero-order valence-corrected chi connectivity index (χ0v) is 26.5.